The molecule has 1 heterocycles. The predicted octanol–water partition coefficient (Wildman–Crippen LogP) is 1.16. The minimum absolute atomic E-state index is 0.00623. The van der Waals surface area contributed by atoms with Gasteiger partial charge in [-0.2, -0.15) is 0 Å². The maximum absolute atomic E-state index is 12.2. The van der Waals surface area contributed by atoms with Crippen LogP contribution in [0, 0.1) is 5.92 Å². The molecule has 142 valence electrons. The minimum Gasteiger partial charge on any atom is -0.447 e. The number of rotatable bonds is 9. The van der Waals surface area contributed by atoms with Crippen LogP contribution in [-0.4, -0.2) is 54.3 Å². The van der Waals surface area contributed by atoms with Crippen molar-refractivity contribution in [1.29, 1.82) is 0 Å². The molecule has 0 bridgehead atoms. The Morgan fingerprint density at radius 3 is 2.20 bits per heavy atom. The third-order valence-electron chi connectivity index (χ3n) is 3.24. The van der Waals surface area contributed by atoms with E-state index >= 15 is 0 Å². The second kappa shape index (κ2) is 9.97. The summed E-state index contributed by atoms with van der Waals surface area (Å²) in [7, 11) is 0. The molecule has 0 saturated carbocycles. The van der Waals surface area contributed by atoms with Crippen LogP contribution in [0.5, 0.6) is 0 Å². The van der Waals surface area contributed by atoms with E-state index in [-0.39, 0.29) is 44.5 Å². The standard InChI is InChI=1S/C16H26N2O7/c1-10(2)9-12(17-16(22)24-8-7-23-11(3)4)15(21)25-18-13(19)5-6-14(18)20/h10-12H,5-9H2,1-4H3,(H,17,22)/t12-/m0/s1. The molecule has 0 aliphatic carbocycles. The Morgan fingerprint density at radius 1 is 1.08 bits per heavy atom. The van der Waals surface area contributed by atoms with Gasteiger partial charge in [-0.1, -0.05) is 13.8 Å². The summed E-state index contributed by atoms with van der Waals surface area (Å²) in [6, 6.07) is -1.03. The van der Waals surface area contributed by atoms with E-state index < -0.39 is 29.9 Å². The van der Waals surface area contributed by atoms with Gasteiger partial charge in [-0.3, -0.25) is 9.59 Å². The van der Waals surface area contributed by atoms with Gasteiger partial charge in [-0.25, -0.2) is 9.59 Å². The molecule has 1 rings (SSSR count). The Kier molecular flexibility index (Phi) is 8.33. The zero-order valence-corrected chi connectivity index (χ0v) is 15.1. The lowest BCUT2D eigenvalue weighted by Gasteiger charge is -2.21. The van der Waals surface area contributed by atoms with Crippen molar-refractivity contribution in [3.63, 3.8) is 0 Å². The third kappa shape index (κ3) is 7.51. The molecule has 1 aliphatic heterocycles. The van der Waals surface area contributed by atoms with Crippen molar-refractivity contribution >= 4 is 23.9 Å². The highest BCUT2D eigenvalue weighted by molar-refractivity contribution is 6.01. The molecule has 1 aliphatic rings. The number of imide groups is 1. The van der Waals surface area contributed by atoms with Crippen LogP contribution in [0.2, 0.25) is 0 Å². The molecule has 0 aromatic carbocycles. The van der Waals surface area contributed by atoms with Crippen LogP contribution >= 0.6 is 0 Å². The van der Waals surface area contributed by atoms with E-state index in [1.165, 1.54) is 0 Å². The fourth-order valence-corrected chi connectivity index (χ4v) is 2.10. The molecule has 1 fully saturated rings. The smallest absolute Gasteiger partial charge is 0.407 e. The summed E-state index contributed by atoms with van der Waals surface area (Å²) >= 11 is 0. The van der Waals surface area contributed by atoms with Gasteiger partial charge in [-0.05, 0) is 26.2 Å². The van der Waals surface area contributed by atoms with Crippen LogP contribution in [0.4, 0.5) is 4.79 Å². The number of alkyl carbamates (subject to hydrolysis) is 1. The van der Waals surface area contributed by atoms with Gasteiger partial charge in [0.05, 0.1) is 12.7 Å². The summed E-state index contributed by atoms with van der Waals surface area (Å²) in [5, 5.41) is 2.86. The summed E-state index contributed by atoms with van der Waals surface area (Å²) in [4.78, 5) is 51.9. The summed E-state index contributed by atoms with van der Waals surface area (Å²) in [5.41, 5.74) is 0. The van der Waals surface area contributed by atoms with E-state index in [9.17, 15) is 19.2 Å². The Bertz CT molecular complexity index is 489. The lowest BCUT2D eigenvalue weighted by atomic mass is 10.0. The zero-order chi connectivity index (χ0) is 19.0. The van der Waals surface area contributed by atoms with Crippen molar-refractivity contribution in [3.05, 3.63) is 0 Å². The van der Waals surface area contributed by atoms with Crippen LogP contribution in [0.25, 0.3) is 0 Å². The highest BCUT2D eigenvalue weighted by atomic mass is 16.7. The molecule has 0 spiro atoms. The summed E-state index contributed by atoms with van der Waals surface area (Å²) in [5.74, 6) is -1.97. The van der Waals surface area contributed by atoms with Crippen molar-refractivity contribution in [2.75, 3.05) is 13.2 Å². The number of ether oxygens (including phenoxy) is 2. The lowest BCUT2D eigenvalue weighted by molar-refractivity contribution is -0.199. The molecule has 1 atom stereocenters. The number of hydroxylamine groups is 2. The fourth-order valence-electron chi connectivity index (χ4n) is 2.10. The summed E-state index contributed by atoms with van der Waals surface area (Å²) < 4.78 is 10.2. The molecule has 1 saturated heterocycles. The molecule has 0 radical (unpaired) electrons. The third-order valence-corrected chi connectivity index (χ3v) is 3.24. The van der Waals surface area contributed by atoms with E-state index in [1.807, 2.05) is 27.7 Å². The monoisotopic (exact) mass is 358 g/mol. The van der Waals surface area contributed by atoms with Gasteiger partial charge in [-0.15, -0.1) is 5.06 Å². The van der Waals surface area contributed by atoms with Gasteiger partial charge in [0.1, 0.15) is 12.6 Å². The molecule has 9 nitrogen and oxygen atoms in total. The van der Waals surface area contributed by atoms with Crippen LogP contribution in [0.15, 0.2) is 0 Å². The average molecular weight is 358 g/mol. The fraction of sp³-hybridized carbons (Fsp3) is 0.750. The Morgan fingerprint density at radius 2 is 1.68 bits per heavy atom. The molecular formula is C16H26N2O7. The molecule has 25 heavy (non-hydrogen) atoms. The second-order valence-electron chi connectivity index (χ2n) is 6.37. The van der Waals surface area contributed by atoms with Crippen molar-refractivity contribution in [3.8, 4) is 0 Å². The number of amides is 3. The molecule has 1 N–H and O–H groups in total. The number of carbonyl (C=O) groups excluding carboxylic acids is 4. The largest absolute Gasteiger partial charge is 0.447 e. The first-order valence-corrected chi connectivity index (χ1v) is 8.33. The molecule has 3 amide bonds. The first-order chi connectivity index (χ1) is 11.7. The number of hydrogen-bond acceptors (Lipinski definition) is 7. The van der Waals surface area contributed by atoms with Gasteiger partial charge in [0.15, 0.2) is 0 Å². The Labute approximate surface area is 146 Å². The number of hydrogen-bond donors (Lipinski definition) is 1. The van der Waals surface area contributed by atoms with Crippen LogP contribution in [-0.2, 0) is 28.7 Å². The highest BCUT2D eigenvalue weighted by Crippen LogP contribution is 2.14. The number of nitrogens with zero attached hydrogens (tertiary/aromatic N) is 1. The zero-order valence-electron chi connectivity index (χ0n) is 15.1. The lowest BCUT2D eigenvalue weighted by Crippen LogP contribution is -2.46. The van der Waals surface area contributed by atoms with Crippen molar-refractivity contribution in [2.24, 2.45) is 5.92 Å². The SMILES string of the molecule is CC(C)C[C@H](NC(=O)OCCOC(C)C)C(=O)ON1C(=O)CCC1=O. The van der Waals surface area contributed by atoms with Crippen LogP contribution < -0.4 is 5.32 Å². The van der Waals surface area contributed by atoms with E-state index in [4.69, 9.17) is 14.3 Å². The average Bonchev–Trinajstić information content (AvgIpc) is 2.82. The summed E-state index contributed by atoms with van der Waals surface area (Å²) in [6.07, 6.45) is -0.495. The molecule has 0 aromatic heterocycles. The van der Waals surface area contributed by atoms with Gasteiger partial charge in [0, 0.05) is 12.8 Å². The van der Waals surface area contributed by atoms with E-state index in [2.05, 4.69) is 5.32 Å². The van der Waals surface area contributed by atoms with Crippen LogP contribution in [0.3, 0.4) is 0 Å². The molecule has 0 unspecified atom stereocenters. The minimum atomic E-state index is -1.03. The van der Waals surface area contributed by atoms with Crippen molar-refractivity contribution < 1.29 is 33.5 Å². The molecular weight excluding hydrogens is 332 g/mol. The van der Waals surface area contributed by atoms with Gasteiger partial charge in [0.25, 0.3) is 11.8 Å². The quantitative estimate of drug-likeness (QED) is 0.486. The topological polar surface area (TPSA) is 111 Å². The first kappa shape index (κ1) is 20.9. The predicted molar refractivity (Wildman–Crippen MR) is 86.0 cm³/mol. The van der Waals surface area contributed by atoms with E-state index in [0.29, 0.717) is 5.06 Å². The first-order valence-electron chi connectivity index (χ1n) is 8.33. The van der Waals surface area contributed by atoms with Crippen LogP contribution in [0.1, 0.15) is 47.0 Å². The maximum Gasteiger partial charge on any atom is 0.407 e. The van der Waals surface area contributed by atoms with E-state index in [1.54, 1.807) is 0 Å². The molecule has 0 aromatic rings. The van der Waals surface area contributed by atoms with Gasteiger partial charge in [0.2, 0.25) is 0 Å². The maximum atomic E-state index is 12.2. The number of carbonyl (C=O) groups is 4. The number of nitrogens with one attached hydrogen (secondary N) is 1. The second-order valence-corrected chi connectivity index (χ2v) is 6.37. The van der Waals surface area contributed by atoms with Gasteiger partial charge >= 0.3 is 12.1 Å². The molecule has 9 heteroatoms. The Balaban J connectivity index is 2.54. The van der Waals surface area contributed by atoms with Crippen molar-refractivity contribution in [1.82, 2.24) is 10.4 Å². The normalized spacial score (nSPS) is 15.7. The van der Waals surface area contributed by atoms with Gasteiger partial charge < -0.3 is 19.6 Å². The van der Waals surface area contributed by atoms with Crippen molar-refractivity contribution in [2.45, 2.75) is 59.1 Å². The van der Waals surface area contributed by atoms with E-state index in [0.717, 1.165) is 0 Å². The highest BCUT2D eigenvalue weighted by Gasteiger charge is 2.35. The Hall–Kier alpha value is -2.16. The summed E-state index contributed by atoms with van der Waals surface area (Å²) in [6.45, 7) is 7.70.